The van der Waals surface area contributed by atoms with E-state index >= 15 is 0 Å². The van der Waals surface area contributed by atoms with E-state index in [9.17, 15) is 29.1 Å². The minimum absolute atomic E-state index is 0.0328. The third-order valence-corrected chi connectivity index (χ3v) is 4.78. The number of guanidine groups is 1. The summed E-state index contributed by atoms with van der Waals surface area (Å²) in [5.41, 5.74) is 15.9. The summed E-state index contributed by atoms with van der Waals surface area (Å²) in [4.78, 5) is 63.8. The first-order chi connectivity index (χ1) is 15.3. The lowest BCUT2D eigenvalue weighted by molar-refractivity contribution is -0.143. The van der Waals surface area contributed by atoms with E-state index in [2.05, 4.69) is 20.9 Å². The molecule has 0 heterocycles. The standard InChI is InChI=1S/C19H35N7O7/c1-4-9(2)14(17(31)24-11(18(32)33)6-5-7-23-19(21)22)26-16(30)12(8-13(27)28)25-15(29)10(3)20/h9-12,14H,4-8,20H2,1-3H3,(H,24,31)(H,25,29)(H,26,30)(H,27,28)(H,32,33)(H4,21,22,23). The summed E-state index contributed by atoms with van der Waals surface area (Å²) in [6.07, 6.45) is 0.0165. The van der Waals surface area contributed by atoms with Gasteiger partial charge in [0.15, 0.2) is 5.96 Å². The molecule has 5 unspecified atom stereocenters. The number of aliphatic carboxylic acids is 2. The van der Waals surface area contributed by atoms with Crippen molar-refractivity contribution in [3.63, 3.8) is 0 Å². The lowest BCUT2D eigenvalue weighted by Gasteiger charge is -2.27. The second kappa shape index (κ2) is 14.6. The summed E-state index contributed by atoms with van der Waals surface area (Å²) >= 11 is 0. The molecular weight excluding hydrogens is 438 g/mol. The van der Waals surface area contributed by atoms with Crippen LogP contribution in [0.3, 0.4) is 0 Å². The van der Waals surface area contributed by atoms with E-state index in [-0.39, 0.29) is 25.3 Å². The van der Waals surface area contributed by atoms with Gasteiger partial charge in [0.05, 0.1) is 12.5 Å². The first kappa shape index (κ1) is 29.6. The number of hydrogen-bond donors (Lipinski definition) is 8. The summed E-state index contributed by atoms with van der Waals surface area (Å²) < 4.78 is 0. The number of carbonyl (C=O) groups is 5. The van der Waals surface area contributed by atoms with Gasteiger partial charge in [-0.1, -0.05) is 20.3 Å². The van der Waals surface area contributed by atoms with E-state index in [0.717, 1.165) is 0 Å². The van der Waals surface area contributed by atoms with E-state index in [1.807, 2.05) is 0 Å². The number of carbonyl (C=O) groups excluding carboxylic acids is 3. The molecule has 0 rings (SSSR count). The molecule has 0 aliphatic rings. The number of aliphatic imine (C=N–C) groups is 1. The zero-order valence-electron chi connectivity index (χ0n) is 19.0. The normalized spacial score (nSPS) is 15.2. The highest BCUT2D eigenvalue weighted by Gasteiger charge is 2.33. The van der Waals surface area contributed by atoms with Crippen LogP contribution in [0.1, 0.15) is 46.5 Å². The molecule has 0 saturated carbocycles. The number of nitrogens with one attached hydrogen (secondary N) is 3. The average molecular weight is 474 g/mol. The minimum Gasteiger partial charge on any atom is -0.481 e. The number of carboxylic acids is 2. The Balaban J connectivity index is 5.44. The summed E-state index contributed by atoms with van der Waals surface area (Å²) in [6.45, 7) is 4.95. The average Bonchev–Trinajstić information content (AvgIpc) is 2.71. The quantitative estimate of drug-likeness (QED) is 0.0701. The van der Waals surface area contributed by atoms with E-state index in [1.165, 1.54) is 6.92 Å². The van der Waals surface area contributed by atoms with Gasteiger partial charge in [0.2, 0.25) is 17.7 Å². The van der Waals surface area contributed by atoms with Crippen molar-refractivity contribution < 1.29 is 34.2 Å². The molecular formula is C19H35N7O7. The van der Waals surface area contributed by atoms with Gasteiger partial charge in [0.25, 0.3) is 0 Å². The van der Waals surface area contributed by atoms with Crippen molar-refractivity contribution in [3.05, 3.63) is 0 Å². The Morgan fingerprint density at radius 3 is 1.94 bits per heavy atom. The number of amides is 3. The van der Waals surface area contributed by atoms with E-state index in [1.54, 1.807) is 13.8 Å². The molecule has 188 valence electrons. The van der Waals surface area contributed by atoms with E-state index in [0.29, 0.717) is 6.42 Å². The number of carboxylic acid groups (broad SMARTS) is 2. The van der Waals surface area contributed by atoms with Gasteiger partial charge in [0.1, 0.15) is 18.1 Å². The Morgan fingerprint density at radius 2 is 1.48 bits per heavy atom. The number of rotatable bonds is 15. The van der Waals surface area contributed by atoms with Crippen molar-refractivity contribution in [1.29, 1.82) is 0 Å². The summed E-state index contributed by atoms with van der Waals surface area (Å²) in [5.74, 6) is -5.62. The van der Waals surface area contributed by atoms with Crippen molar-refractivity contribution in [3.8, 4) is 0 Å². The van der Waals surface area contributed by atoms with Crippen LogP contribution in [0.5, 0.6) is 0 Å². The van der Waals surface area contributed by atoms with Crippen LogP contribution in [0.15, 0.2) is 4.99 Å². The summed E-state index contributed by atoms with van der Waals surface area (Å²) in [5, 5.41) is 25.5. The van der Waals surface area contributed by atoms with E-state index < -0.39 is 66.2 Å². The molecule has 0 aromatic rings. The topological polar surface area (TPSA) is 252 Å². The number of nitrogens with two attached hydrogens (primary N) is 3. The Kier molecular flexibility index (Phi) is 13.1. The maximum absolute atomic E-state index is 12.8. The fourth-order valence-electron chi connectivity index (χ4n) is 2.67. The van der Waals surface area contributed by atoms with Crippen LogP contribution in [0, 0.1) is 5.92 Å². The molecule has 33 heavy (non-hydrogen) atoms. The molecule has 0 radical (unpaired) electrons. The molecule has 0 fully saturated rings. The Bertz CT molecular complexity index is 738. The van der Waals surface area contributed by atoms with Crippen LogP contribution in [-0.4, -0.2) is 76.5 Å². The van der Waals surface area contributed by atoms with Gasteiger partial charge in [-0.2, -0.15) is 0 Å². The van der Waals surface area contributed by atoms with Crippen molar-refractivity contribution in [2.75, 3.05) is 6.54 Å². The van der Waals surface area contributed by atoms with Gasteiger partial charge in [-0.25, -0.2) is 4.79 Å². The second-order valence-electron chi connectivity index (χ2n) is 7.67. The summed E-state index contributed by atoms with van der Waals surface area (Å²) in [6, 6.07) is -4.90. The molecule has 5 atom stereocenters. The van der Waals surface area contributed by atoms with Gasteiger partial charge >= 0.3 is 11.9 Å². The largest absolute Gasteiger partial charge is 0.481 e. The molecule has 11 N–H and O–H groups in total. The van der Waals surface area contributed by atoms with Crippen LogP contribution in [0.2, 0.25) is 0 Å². The molecule has 0 aliphatic carbocycles. The predicted octanol–water partition coefficient (Wildman–Crippen LogP) is -2.55. The highest BCUT2D eigenvalue weighted by atomic mass is 16.4. The molecule has 14 heteroatoms. The van der Waals surface area contributed by atoms with Gasteiger partial charge < -0.3 is 43.4 Å². The monoisotopic (exact) mass is 473 g/mol. The van der Waals surface area contributed by atoms with Crippen molar-refractivity contribution >= 4 is 35.6 Å². The molecule has 0 bridgehead atoms. The zero-order chi connectivity index (χ0) is 25.7. The lowest BCUT2D eigenvalue weighted by atomic mass is 9.97. The van der Waals surface area contributed by atoms with Crippen LogP contribution in [-0.2, 0) is 24.0 Å². The Labute approximate surface area is 191 Å². The third kappa shape index (κ3) is 11.7. The highest BCUT2D eigenvalue weighted by molar-refractivity contribution is 5.95. The van der Waals surface area contributed by atoms with Crippen LogP contribution >= 0.6 is 0 Å². The van der Waals surface area contributed by atoms with Crippen LogP contribution in [0.25, 0.3) is 0 Å². The highest BCUT2D eigenvalue weighted by Crippen LogP contribution is 2.10. The van der Waals surface area contributed by atoms with Crippen molar-refractivity contribution in [1.82, 2.24) is 16.0 Å². The van der Waals surface area contributed by atoms with Gasteiger partial charge in [-0.15, -0.1) is 0 Å². The number of hydrogen-bond acceptors (Lipinski definition) is 7. The zero-order valence-corrected chi connectivity index (χ0v) is 19.0. The fraction of sp³-hybridized carbons (Fsp3) is 0.684. The Morgan fingerprint density at radius 1 is 0.909 bits per heavy atom. The fourth-order valence-corrected chi connectivity index (χ4v) is 2.67. The SMILES string of the molecule is CCC(C)C(NC(=O)C(CC(=O)O)NC(=O)C(C)N)C(=O)NC(CCCN=C(N)N)C(=O)O. The maximum Gasteiger partial charge on any atom is 0.326 e. The van der Waals surface area contributed by atoms with Crippen molar-refractivity contribution in [2.24, 2.45) is 28.1 Å². The van der Waals surface area contributed by atoms with Gasteiger partial charge in [-0.3, -0.25) is 24.2 Å². The minimum atomic E-state index is -1.48. The molecule has 0 aromatic heterocycles. The molecule has 14 nitrogen and oxygen atoms in total. The first-order valence-electron chi connectivity index (χ1n) is 10.5. The second-order valence-corrected chi connectivity index (χ2v) is 7.67. The molecule has 0 aromatic carbocycles. The third-order valence-electron chi connectivity index (χ3n) is 4.78. The van der Waals surface area contributed by atoms with Crippen LogP contribution < -0.4 is 33.2 Å². The maximum atomic E-state index is 12.8. The smallest absolute Gasteiger partial charge is 0.326 e. The van der Waals surface area contributed by atoms with Crippen LogP contribution in [0.4, 0.5) is 0 Å². The first-order valence-corrected chi connectivity index (χ1v) is 10.5. The summed E-state index contributed by atoms with van der Waals surface area (Å²) in [7, 11) is 0. The van der Waals surface area contributed by atoms with E-state index in [4.69, 9.17) is 22.3 Å². The predicted molar refractivity (Wildman–Crippen MR) is 119 cm³/mol. The number of nitrogens with zero attached hydrogens (tertiary/aromatic N) is 1. The molecule has 0 aliphatic heterocycles. The Hall–Kier alpha value is -3.42. The molecule has 0 spiro atoms. The molecule has 0 saturated heterocycles. The lowest BCUT2D eigenvalue weighted by Crippen LogP contribution is -2.58. The van der Waals surface area contributed by atoms with Gasteiger partial charge in [-0.05, 0) is 25.7 Å². The molecule has 3 amide bonds. The van der Waals surface area contributed by atoms with Crippen molar-refractivity contribution in [2.45, 2.75) is 70.6 Å². The van der Waals surface area contributed by atoms with Gasteiger partial charge in [0, 0.05) is 6.54 Å².